The number of Topliss-reactive ketones (excluding diaryl/α,β-unsaturated/α-hetero) is 1. The number of ketones is 1. The molecule has 0 saturated carbocycles. The van der Waals surface area contributed by atoms with E-state index in [2.05, 4.69) is 15.5 Å². The van der Waals surface area contributed by atoms with E-state index in [1.54, 1.807) is 43.5 Å². The average Bonchev–Trinajstić information content (AvgIpc) is 3.15. The largest absolute Gasteiger partial charge is 0.497 e. The molecule has 3 rings (SSSR count). The van der Waals surface area contributed by atoms with Crippen molar-refractivity contribution < 1.29 is 14.3 Å². The first-order chi connectivity index (χ1) is 14.9. The number of carbonyl (C=O) groups excluding carboxylic acids is 2. The van der Waals surface area contributed by atoms with E-state index in [9.17, 15) is 9.59 Å². The fraction of sp³-hybridized carbons (Fsp3) is 0.304. The highest BCUT2D eigenvalue weighted by atomic mass is 32.2. The summed E-state index contributed by atoms with van der Waals surface area (Å²) >= 11 is 1.31. The van der Waals surface area contributed by atoms with E-state index in [4.69, 9.17) is 4.74 Å². The molecule has 2 aromatic carbocycles. The Balaban J connectivity index is 1.71. The number of thioether (sulfide) groups is 1. The van der Waals surface area contributed by atoms with Crippen molar-refractivity contribution in [3.8, 4) is 5.75 Å². The first-order valence-electron chi connectivity index (χ1n) is 9.96. The second-order valence-electron chi connectivity index (χ2n) is 7.40. The molecular weight excluding hydrogens is 412 g/mol. The van der Waals surface area contributed by atoms with Crippen molar-refractivity contribution in [2.45, 2.75) is 25.0 Å². The predicted octanol–water partition coefficient (Wildman–Crippen LogP) is 3.93. The Kier molecular flexibility index (Phi) is 7.46. The van der Waals surface area contributed by atoms with Gasteiger partial charge in [0.05, 0.1) is 18.9 Å². The van der Waals surface area contributed by atoms with Crippen LogP contribution in [0.15, 0.2) is 59.8 Å². The molecule has 0 bridgehead atoms. The maximum atomic E-state index is 12.6. The van der Waals surface area contributed by atoms with Gasteiger partial charge in [-0.05, 0) is 30.2 Å². The quantitative estimate of drug-likeness (QED) is 0.402. The Morgan fingerprint density at radius 2 is 1.77 bits per heavy atom. The Bertz CT molecular complexity index is 1050. The van der Waals surface area contributed by atoms with Gasteiger partial charge in [-0.25, -0.2) is 0 Å². The molecule has 1 N–H and O–H groups in total. The second kappa shape index (κ2) is 10.3. The van der Waals surface area contributed by atoms with E-state index in [1.807, 2.05) is 43.7 Å². The molecule has 7 nitrogen and oxygen atoms in total. The van der Waals surface area contributed by atoms with Gasteiger partial charge < -0.3 is 14.6 Å². The zero-order valence-electron chi connectivity index (χ0n) is 18.0. The number of aromatic nitrogens is 3. The molecule has 8 heteroatoms. The Morgan fingerprint density at radius 3 is 2.45 bits per heavy atom. The minimum Gasteiger partial charge on any atom is -0.497 e. The van der Waals surface area contributed by atoms with Crippen LogP contribution in [0.5, 0.6) is 5.75 Å². The molecule has 0 unspecified atom stereocenters. The molecule has 31 heavy (non-hydrogen) atoms. The van der Waals surface area contributed by atoms with Crippen LogP contribution in [0.2, 0.25) is 0 Å². The highest BCUT2D eigenvalue weighted by Gasteiger charge is 2.25. The van der Waals surface area contributed by atoms with Gasteiger partial charge in [0.2, 0.25) is 0 Å². The van der Waals surface area contributed by atoms with Crippen LogP contribution in [-0.4, -0.2) is 39.3 Å². The van der Waals surface area contributed by atoms with Gasteiger partial charge in [-0.15, -0.1) is 10.2 Å². The number of hydrogen-bond acceptors (Lipinski definition) is 6. The molecule has 1 amide bonds. The lowest BCUT2D eigenvalue weighted by molar-refractivity contribution is 0.0921. The molecule has 0 spiro atoms. The maximum Gasteiger partial charge on any atom is 0.251 e. The molecule has 162 valence electrons. The minimum atomic E-state index is -0.311. The highest BCUT2D eigenvalue weighted by molar-refractivity contribution is 7.99. The molecule has 1 heterocycles. The van der Waals surface area contributed by atoms with Crippen LogP contribution < -0.4 is 10.1 Å². The van der Waals surface area contributed by atoms with E-state index in [0.29, 0.717) is 27.9 Å². The van der Waals surface area contributed by atoms with Crippen LogP contribution in [0.3, 0.4) is 0 Å². The number of ether oxygens (including phenoxy) is 1. The Hall–Kier alpha value is -3.13. The summed E-state index contributed by atoms with van der Waals surface area (Å²) in [5.74, 6) is 1.44. The van der Waals surface area contributed by atoms with Crippen LogP contribution in [-0.2, 0) is 7.05 Å². The number of carbonyl (C=O) groups is 2. The average molecular weight is 439 g/mol. The van der Waals surface area contributed by atoms with Crippen molar-refractivity contribution in [2.75, 3.05) is 12.9 Å². The first-order valence-corrected chi connectivity index (χ1v) is 10.9. The van der Waals surface area contributed by atoms with E-state index >= 15 is 0 Å². The van der Waals surface area contributed by atoms with Crippen molar-refractivity contribution in [1.82, 2.24) is 20.1 Å². The first kappa shape index (κ1) is 22.6. The van der Waals surface area contributed by atoms with Gasteiger partial charge in [-0.2, -0.15) is 0 Å². The lowest BCUT2D eigenvalue weighted by Crippen LogP contribution is -2.33. The monoisotopic (exact) mass is 438 g/mol. The number of benzene rings is 2. The number of amides is 1. The molecule has 0 aliphatic carbocycles. The number of hydrogen-bond donors (Lipinski definition) is 1. The summed E-state index contributed by atoms with van der Waals surface area (Å²) in [6, 6.07) is 15.8. The molecule has 0 aliphatic heterocycles. The van der Waals surface area contributed by atoms with Crippen LogP contribution in [0, 0.1) is 5.92 Å². The summed E-state index contributed by atoms with van der Waals surface area (Å²) in [7, 11) is 3.42. The maximum absolute atomic E-state index is 12.6. The standard InChI is InChI=1S/C23H26N4O3S/c1-15(2)20(24-22(29)16-9-6-5-7-10-16)21-25-26-23(27(21)3)31-14-19(28)17-11-8-12-18(13-17)30-4/h5-13,15,20H,14H2,1-4H3,(H,24,29)/t20-/m0/s1. The molecular formula is C23H26N4O3S. The number of methoxy groups -OCH3 is 1. The lowest BCUT2D eigenvalue weighted by Gasteiger charge is -2.21. The number of rotatable bonds is 9. The third-order valence-corrected chi connectivity index (χ3v) is 5.88. The van der Waals surface area contributed by atoms with E-state index in [1.165, 1.54) is 11.8 Å². The van der Waals surface area contributed by atoms with Gasteiger partial charge in [-0.1, -0.05) is 55.9 Å². The lowest BCUT2D eigenvalue weighted by atomic mass is 10.0. The van der Waals surface area contributed by atoms with Gasteiger partial charge in [-0.3, -0.25) is 9.59 Å². The molecule has 0 saturated heterocycles. The SMILES string of the molecule is COc1cccc(C(=O)CSc2nnc([C@@H](NC(=O)c3ccccc3)C(C)C)n2C)c1. The topological polar surface area (TPSA) is 86.1 Å². The van der Waals surface area contributed by atoms with Gasteiger partial charge in [0.25, 0.3) is 5.91 Å². The zero-order chi connectivity index (χ0) is 22.4. The summed E-state index contributed by atoms with van der Waals surface area (Å²) < 4.78 is 7.02. The molecule has 1 atom stereocenters. The number of nitrogens with zero attached hydrogens (tertiary/aromatic N) is 3. The van der Waals surface area contributed by atoms with Gasteiger partial charge in [0.1, 0.15) is 5.75 Å². The fourth-order valence-corrected chi connectivity index (χ4v) is 3.89. The van der Waals surface area contributed by atoms with Crippen molar-refractivity contribution >= 4 is 23.5 Å². The van der Waals surface area contributed by atoms with Crippen molar-refractivity contribution in [3.05, 3.63) is 71.5 Å². The van der Waals surface area contributed by atoms with E-state index in [0.717, 1.165) is 0 Å². The second-order valence-corrected chi connectivity index (χ2v) is 8.35. The van der Waals surface area contributed by atoms with Crippen molar-refractivity contribution in [3.63, 3.8) is 0 Å². The van der Waals surface area contributed by atoms with Gasteiger partial charge >= 0.3 is 0 Å². The molecule has 0 fully saturated rings. The van der Waals surface area contributed by atoms with Crippen LogP contribution >= 0.6 is 11.8 Å². The molecule has 0 radical (unpaired) electrons. The summed E-state index contributed by atoms with van der Waals surface area (Å²) in [5.41, 5.74) is 1.18. The Morgan fingerprint density at radius 1 is 1.06 bits per heavy atom. The van der Waals surface area contributed by atoms with Gasteiger partial charge in [0, 0.05) is 18.2 Å². The third-order valence-electron chi connectivity index (χ3n) is 4.86. The van der Waals surface area contributed by atoms with Crippen LogP contribution in [0.4, 0.5) is 0 Å². The zero-order valence-corrected chi connectivity index (χ0v) is 18.8. The smallest absolute Gasteiger partial charge is 0.251 e. The molecule has 0 aliphatic rings. The van der Waals surface area contributed by atoms with E-state index in [-0.39, 0.29) is 29.4 Å². The van der Waals surface area contributed by atoms with Crippen LogP contribution in [0.1, 0.15) is 46.4 Å². The summed E-state index contributed by atoms with van der Waals surface area (Å²) in [4.78, 5) is 25.2. The van der Waals surface area contributed by atoms with Crippen molar-refractivity contribution in [2.24, 2.45) is 13.0 Å². The fourth-order valence-electron chi connectivity index (χ4n) is 3.08. The summed E-state index contributed by atoms with van der Waals surface area (Å²) in [5, 5.41) is 12.2. The normalized spacial score (nSPS) is 11.9. The molecule has 1 aromatic heterocycles. The number of nitrogens with one attached hydrogen (secondary N) is 1. The summed E-state index contributed by atoms with van der Waals surface area (Å²) in [6.45, 7) is 4.04. The summed E-state index contributed by atoms with van der Waals surface area (Å²) in [6.07, 6.45) is 0. The molecule has 3 aromatic rings. The van der Waals surface area contributed by atoms with E-state index < -0.39 is 0 Å². The third kappa shape index (κ3) is 5.52. The van der Waals surface area contributed by atoms with Crippen LogP contribution in [0.25, 0.3) is 0 Å². The van der Waals surface area contributed by atoms with Gasteiger partial charge in [0.15, 0.2) is 16.8 Å². The highest BCUT2D eigenvalue weighted by Crippen LogP contribution is 2.25. The van der Waals surface area contributed by atoms with Crippen molar-refractivity contribution in [1.29, 1.82) is 0 Å². The minimum absolute atomic E-state index is 0.0220. The predicted molar refractivity (Wildman–Crippen MR) is 121 cm³/mol. The Labute approximate surface area is 186 Å².